The molecule has 0 amide bonds. The molecule has 0 bridgehead atoms. The highest BCUT2D eigenvalue weighted by molar-refractivity contribution is 5.35. The Morgan fingerprint density at radius 3 is 2.74 bits per heavy atom. The van der Waals surface area contributed by atoms with E-state index in [-0.39, 0.29) is 5.82 Å². The summed E-state index contributed by atoms with van der Waals surface area (Å²) in [6.45, 7) is 4.48. The van der Waals surface area contributed by atoms with Crippen molar-refractivity contribution < 1.29 is 4.39 Å². The van der Waals surface area contributed by atoms with Gasteiger partial charge in [-0.15, -0.1) is 0 Å². The highest BCUT2D eigenvalue weighted by atomic mass is 19.1. The fourth-order valence-electron chi connectivity index (χ4n) is 3.44. The summed E-state index contributed by atoms with van der Waals surface area (Å²) in [6, 6.07) is 7.01. The Morgan fingerprint density at radius 2 is 1.91 bits per heavy atom. The van der Waals surface area contributed by atoms with Crippen molar-refractivity contribution in [3.8, 4) is 0 Å². The summed E-state index contributed by atoms with van der Waals surface area (Å²) < 4.78 is 13.8. The molecule has 0 spiro atoms. The summed E-state index contributed by atoms with van der Waals surface area (Å²) >= 11 is 0. The molecular weight excluding hydrogens is 291 g/mol. The Hall–Kier alpha value is -2.01. The quantitative estimate of drug-likeness (QED) is 0.872. The topological polar surface area (TPSA) is 32.3 Å². The predicted octanol–water partition coefficient (Wildman–Crippen LogP) is 2.77. The van der Waals surface area contributed by atoms with Crippen molar-refractivity contribution >= 4 is 5.95 Å². The molecule has 0 atom stereocenters. The molecule has 1 fully saturated rings. The lowest BCUT2D eigenvalue weighted by Gasteiger charge is -2.28. The minimum absolute atomic E-state index is 0.126. The van der Waals surface area contributed by atoms with Crippen molar-refractivity contribution in [2.75, 3.05) is 24.5 Å². The van der Waals surface area contributed by atoms with Gasteiger partial charge < -0.3 is 4.90 Å². The first-order valence-corrected chi connectivity index (χ1v) is 8.35. The van der Waals surface area contributed by atoms with Crippen LogP contribution in [0.2, 0.25) is 0 Å². The van der Waals surface area contributed by atoms with Crippen molar-refractivity contribution in [1.29, 1.82) is 0 Å². The van der Waals surface area contributed by atoms with Crippen LogP contribution in [0.1, 0.15) is 29.7 Å². The Kier molecular flexibility index (Phi) is 3.95. The second-order valence-corrected chi connectivity index (χ2v) is 6.39. The van der Waals surface area contributed by atoms with Gasteiger partial charge >= 0.3 is 0 Å². The summed E-state index contributed by atoms with van der Waals surface area (Å²) in [6.07, 6.45) is 5.34. The van der Waals surface area contributed by atoms with Crippen LogP contribution in [0.5, 0.6) is 0 Å². The number of aromatic nitrogens is 2. The molecule has 2 aliphatic heterocycles. The Labute approximate surface area is 136 Å². The van der Waals surface area contributed by atoms with Crippen molar-refractivity contribution in [3.63, 3.8) is 0 Å². The van der Waals surface area contributed by atoms with E-state index in [1.54, 1.807) is 6.07 Å². The number of fused-ring (bicyclic) bond motifs is 1. The number of nitrogens with zero attached hydrogens (tertiary/aromatic N) is 4. The lowest BCUT2D eigenvalue weighted by Crippen LogP contribution is -2.32. The van der Waals surface area contributed by atoms with Gasteiger partial charge in [0.25, 0.3) is 0 Å². The molecule has 1 aromatic carbocycles. The van der Waals surface area contributed by atoms with Gasteiger partial charge in [-0.05, 0) is 18.9 Å². The van der Waals surface area contributed by atoms with Gasteiger partial charge in [0, 0.05) is 56.5 Å². The van der Waals surface area contributed by atoms with Gasteiger partial charge in [-0.3, -0.25) is 4.90 Å². The number of anilines is 1. The maximum atomic E-state index is 13.8. The van der Waals surface area contributed by atoms with E-state index < -0.39 is 0 Å². The molecule has 5 heteroatoms. The maximum Gasteiger partial charge on any atom is 0.225 e. The van der Waals surface area contributed by atoms with Gasteiger partial charge in [0.2, 0.25) is 5.95 Å². The van der Waals surface area contributed by atoms with E-state index in [0.29, 0.717) is 6.54 Å². The molecule has 23 heavy (non-hydrogen) atoms. The summed E-state index contributed by atoms with van der Waals surface area (Å²) in [5.74, 6) is 0.753. The normalized spacial score (nSPS) is 18.2. The second-order valence-electron chi connectivity index (χ2n) is 6.39. The zero-order valence-corrected chi connectivity index (χ0v) is 13.2. The summed E-state index contributed by atoms with van der Waals surface area (Å²) in [5, 5.41) is 0. The molecule has 3 heterocycles. The fourth-order valence-corrected chi connectivity index (χ4v) is 3.44. The van der Waals surface area contributed by atoms with E-state index in [1.807, 2.05) is 18.3 Å². The zero-order valence-electron chi connectivity index (χ0n) is 13.2. The van der Waals surface area contributed by atoms with E-state index in [4.69, 9.17) is 4.98 Å². The molecule has 4 rings (SSSR count). The number of benzene rings is 1. The van der Waals surface area contributed by atoms with Gasteiger partial charge in [-0.2, -0.15) is 0 Å². The first kappa shape index (κ1) is 14.6. The van der Waals surface area contributed by atoms with Crippen LogP contribution in [0.3, 0.4) is 0 Å². The summed E-state index contributed by atoms with van der Waals surface area (Å²) in [7, 11) is 0. The van der Waals surface area contributed by atoms with E-state index in [0.717, 1.165) is 49.8 Å². The van der Waals surface area contributed by atoms with E-state index >= 15 is 0 Å². The van der Waals surface area contributed by atoms with Crippen LogP contribution < -0.4 is 4.90 Å². The zero-order chi connectivity index (χ0) is 15.6. The Bertz CT molecular complexity index is 697. The second kappa shape index (κ2) is 6.24. The Balaban J connectivity index is 1.48. The monoisotopic (exact) mass is 312 g/mol. The van der Waals surface area contributed by atoms with Crippen molar-refractivity contribution in [1.82, 2.24) is 14.9 Å². The van der Waals surface area contributed by atoms with Crippen LogP contribution in [0, 0.1) is 5.82 Å². The first-order valence-electron chi connectivity index (χ1n) is 8.35. The van der Waals surface area contributed by atoms with Crippen LogP contribution >= 0.6 is 0 Å². The molecule has 120 valence electrons. The van der Waals surface area contributed by atoms with Crippen LogP contribution in [-0.4, -0.2) is 34.5 Å². The fraction of sp³-hybridized carbons (Fsp3) is 0.444. The molecule has 1 aromatic heterocycles. The minimum atomic E-state index is -0.126. The minimum Gasteiger partial charge on any atom is -0.341 e. The molecule has 0 aliphatic carbocycles. The van der Waals surface area contributed by atoms with Crippen LogP contribution in [0.4, 0.5) is 10.3 Å². The smallest absolute Gasteiger partial charge is 0.225 e. The van der Waals surface area contributed by atoms with Crippen molar-refractivity contribution in [3.05, 3.63) is 53.1 Å². The van der Waals surface area contributed by atoms with Gasteiger partial charge in [0.1, 0.15) is 5.82 Å². The average Bonchev–Trinajstić information content (AvgIpc) is 3.11. The molecule has 0 N–H and O–H groups in total. The van der Waals surface area contributed by atoms with Gasteiger partial charge in [0.15, 0.2) is 0 Å². The molecule has 0 unspecified atom stereocenters. The van der Waals surface area contributed by atoms with E-state index in [9.17, 15) is 4.39 Å². The van der Waals surface area contributed by atoms with Gasteiger partial charge in [-0.25, -0.2) is 14.4 Å². The highest BCUT2D eigenvalue weighted by Gasteiger charge is 2.21. The third-order valence-corrected chi connectivity index (χ3v) is 4.74. The molecule has 0 saturated carbocycles. The predicted molar refractivity (Wildman–Crippen MR) is 87.7 cm³/mol. The molecule has 2 aromatic rings. The van der Waals surface area contributed by atoms with Crippen molar-refractivity contribution in [2.45, 2.75) is 32.4 Å². The number of rotatable bonds is 3. The van der Waals surface area contributed by atoms with Crippen LogP contribution in [0.15, 0.2) is 30.5 Å². The highest BCUT2D eigenvalue weighted by Crippen LogP contribution is 2.23. The van der Waals surface area contributed by atoms with Gasteiger partial charge in [-0.1, -0.05) is 18.2 Å². The molecule has 0 radical (unpaired) electrons. The number of hydrogen-bond donors (Lipinski definition) is 0. The molecule has 1 saturated heterocycles. The number of hydrogen-bond acceptors (Lipinski definition) is 4. The lowest BCUT2D eigenvalue weighted by molar-refractivity contribution is 0.239. The standard InChI is InChI=1S/C18H21FN4/c19-16-6-2-1-5-14(16)12-22-10-7-17-15(13-22)11-20-18(21-17)23-8-3-4-9-23/h1-2,5-6,11H,3-4,7-10,12-13H2. The Morgan fingerprint density at radius 1 is 1.09 bits per heavy atom. The largest absolute Gasteiger partial charge is 0.341 e. The SMILES string of the molecule is Fc1ccccc1CN1CCc2nc(N3CCCC3)ncc2C1. The number of halogens is 1. The molecule has 4 nitrogen and oxygen atoms in total. The maximum absolute atomic E-state index is 13.8. The molecule has 2 aliphatic rings. The van der Waals surface area contributed by atoms with E-state index in [2.05, 4.69) is 14.8 Å². The van der Waals surface area contributed by atoms with Gasteiger partial charge in [0.05, 0.1) is 5.69 Å². The molecular formula is C18H21FN4. The third kappa shape index (κ3) is 3.06. The summed E-state index contributed by atoms with van der Waals surface area (Å²) in [4.78, 5) is 13.8. The first-order chi connectivity index (χ1) is 11.3. The average molecular weight is 312 g/mol. The van der Waals surface area contributed by atoms with Crippen molar-refractivity contribution in [2.24, 2.45) is 0 Å². The lowest BCUT2D eigenvalue weighted by atomic mass is 10.1. The van der Waals surface area contributed by atoms with Crippen LogP contribution in [0.25, 0.3) is 0 Å². The summed E-state index contributed by atoms with van der Waals surface area (Å²) in [5.41, 5.74) is 3.09. The third-order valence-electron chi connectivity index (χ3n) is 4.74. The van der Waals surface area contributed by atoms with E-state index in [1.165, 1.54) is 24.5 Å². The van der Waals surface area contributed by atoms with Crippen LogP contribution in [-0.2, 0) is 19.5 Å².